The molecule has 2 fully saturated rings. The van der Waals surface area contributed by atoms with Crippen LogP contribution in [0.1, 0.15) is 93.1 Å². The van der Waals surface area contributed by atoms with Gasteiger partial charge in [0.15, 0.2) is 0 Å². The number of rotatable bonds is 4. The van der Waals surface area contributed by atoms with Crippen molar-refractivity contribution in [3.63, 3.8) is 0 Å². The normalized spacial score (nSPS) is 26.2. The zero-order valence-electron chi connectivity index (χ0n) is 22.5. The summed E-state index contributed by atoms with van der Waals surface area (Å²) in [6.45, 7) is 4.66. The topological polar surface area (TPSA) is 6.48 Å². The van der Waals surface area contributed by atoms with Crippen molar-refractivity contribution in [2.45, 2.75) is 83.3 Å². The van der Waals surface area contributed by atoms with Crippen LogP contribution >= 0.6 is 0 Å². The molecular weight excluding hydrogens is 448 g/mol. The first-order valence-electron chi connectivity index (χ1n) is 14.7. The molecule has 0 aromatic heterocycles. The zero-order valence-corrected chi connectivity index (χ0v) is 22.5. The van der Waals surface area contributed by atoms with E-state index in [-0.39, 0.29) is 11.7 Å². The van der Waals surface area contributed by atoms with E-state index in [0.717, 1.165) is 0 Å². The van der Waals surface area contributed by atoms with Crippen molar-refractivity contribution in [3.05, 3.63) is 107 Å². The SMILES string of the molecule is CC1=C2c3ccccc3C(C3CCCCC3)(C3CCCC3)N2C(c2ccccc2)N1c1ccccc1C. The fourth-order valence-corrected chi connectivity index (χ4v) is 8.73. The Balaban J connectivity index is 1.54. The van der Waals surface area contributed by atoms with Gasteiger partial charge in [0.05, 0.1) is 11.2 Å². The second kappa shape index (κ2) is 9.08. The lowest BCUT2D eigenvalue weighted by Crippen LogP contribution is -2.54. The van der Waals surface area contributed by atoms with Crippen LogP contribution < -0.4 is 4.90 Å². The minimum absolute atomic E-state index is 0.0715. The van der Waals surface area contributed by atoms with Crippen LogP contribution in [-0.2, 0) is 5.54 Å². The van der Waals surface area contributed by atoms with E-state index in [4.69, 9.17) is 0 Å². The van der Waals surface area contributed by atoms with Crippen molar-refractivity contribution in [3.8, 4) is 0 Å². The summed E-state index contributed by atoms with van der Waals surface area (Å²) in [4.78, 5) is 5.67. The van der Waals surface area contributed by atoms with Gasteiger partial charge in [-0.25, -0.2) is 0 Å². The van der Waals surface area contributed by atoms with Gasteiger partial charge in [0.1, 0.15) is 6.17 Å². The molecule has 2 atom stereocenters. The Hall–Kier alpha value is -3.00. The van der Waals surface area contributed by atoms with Gasteiger partial charge in [0.2, 0.25) is 0 Å². The van der Waals surface area contributed by atoms with Gasteiger partial charge in [-0.15, -0.1) is 0 Å². The maximum atomic E-state index is 2.99. The lowest BCUT2D eigenvalue weighted by molar-refractivity contribution is -0.00785. The molecule has 2 heterocycles. The number of aryl methyl sites for hydroxylation is 1. The monoisotopic (exact) mass is 488 g/mol. The van der Waals surface area contributed by atoms with Crippen LogP contribution in [0.3, 0.4) is 0 Å². The molecule has 2 heteroatoms. The highest BCUT2D eigenvalue weighted by Crippen LogP contribution is 2.66. The summed E-state index contributed by atoms with van der Waals surface area (Å²) < 4.78 is 0. The Morgan fingerprint density at radius 3 is 1.95 bits per heavy atom. The highest BCUT2D eigenvalue weighted by atomic mass is 15.5. The molecule has 2 unspecified atom stereocenters. The summed E-state index contributed by atoms with van der Waals surface area (Å²) in [6.07, 6.45) is 12.5. The van der Waals surface area contributed by atoms with Crippen LogP contribution in [0.25, 0.3) is 5.70 Å². The van der Waals surface area contributed by atoms with Crippen molar-refractivity contribution in [1.29, 1.82) is 0 Å². The Morgan fingerprint density at radius 2 is 1.24 bits per heavy atom. The first-order valence-corrected chi connectivity index (χ1v) is 14.7. The van der Waals surface area contributed by atoms with Gasteiger partial charge in [-0.05, 0) is 74.1 Å². The Morgan fingerprint density at radius 1 is 0.649 bits per heavy atom. The molecule has 2 nitrogen and oxygen atoms in total. The van der Waals surface area contributed by atoms with Crippen molar-refractivity contribution in [2.24, 2.45) is 11.8 Å². The lowest BCUT2D eigenvalue weighted by Gasteiger charge is -2.54. The number of para-hydroxylation sites is 1. The van der Waals surface area contributed by atoms with Crippen molar-refractivity contribution < 1.29 is 0 Å². The standard InChI is InChI=1S/C35H40N2/c1-25-15-9-14-24-32(25)36-26(2)33-30-22-12-13-23-31(30)35(29-20-10-11-21-29,28-18-7-4-8-19-28)37(33)34(36)27-16-5-3-6-17-27/h3,5-6,9,12-17,22-24,28-29,34H,4,7-8,10-11,18-21H2,1-2H3. The maximum Gasteiger partial charge on any atom is 0.133 e. The number of hydrogen-bond acceptors (Lipinski definition) is 2. The molecule has 0 saturated heterocycles. The molecular formula is C35H40N2. The van der Waals surface area contributed by atoms with Crippen LogP contribution in [0.4, 0.5) is 5.69 Å². The Kier molecular flexibility index (Phi) is 5.68. The third-order valence-electron chi connectivity index (χ3n) is 10.1. The van der Waals surface area contributed by atoms with Crippen molar-refractivity contribution >= 4 is 11.4 Å². The minimum Gasteiger partial charge on any atom is -0.335 e. The molecule has 0 N–H and O–H groups in total. The predicted octanol–water partition coefficient (Wildman–Crippen LogP) is 9.18. The summed E-state index contributed by atoms with van der Waals surface area (Å²) in [5, 5.41) is 0. The minimum atomic E-state index is 0.0715. The van der Waals surface area contributed by atoms with E-state index < -0.39 is 0 Å². The second-order valence-corrected chi connectivity index (χ2v) is 11.9. The quantitative estimate of drug-likeness (QED) is 0.361. The van der Waals surface area contributed by atoms with Gasteiger partial charge in [0.25, 0.3) is 0 Å². The third-order valence-corrected chi connectivity index (χ3v) is 10.1. The van der Waals surface area contributed by atoms with Gasteiger partial charge < -0.3 is 9.80 Å². The molecule has 7 rings (SSSR count). The highest BCUT2D eigenvalue weighted by molar-refractivity contribution is 5.83. The maximum absolute atomic E-state index is 2.99. The molecule has 2 saturated carbocycles. The highest BCUT2D eigenvalue weighted by Gasteiger charge is 2.62. The van der Waals surface area contributed by atoms with E-state index in [0.29, 0.717) is 11.8 Å². The van der Waals surface area contributed by atoms with Gasteiger partial charge in [-0.3, -0.25) is 0 Å². The first kappa shape index (κ1) is 23.1. The molecule has 0 radical (unpaired) electrons. The van der Waals surface area contributed by atoms with E-state index >= 15 is 0 Å². The Bertz CT molecular complexity index is 1310. The summed E-state index contributed by atoms with van der Waals surface area (Å²) in [6, 6.07) is 29.9. The van der Waals surface area contributed by atoms with E-state index in [9.17, 15) is 0 Å². The number of hydrogen-bond donors (Lipinski definition) is 0. The van der Waals surface area contributed by atoms with Crippen LogP contribution in [-0.4, -0.2) is 4.90 Å². The van der Waals surface area contributed by atoms with Crippen LogP contribution in [0, 0.1) is 18.8 Å². The molecule has 0 bridgehead atoms. The van der Waals surface area contributed by atoms with Gasteiger partial charge >= 0.3 is 0 Å². The number of allylic oxidation sites excluding steroid dienone is 1. The molecule has 2 aliphatic heterocycles. The van der Waals surface area contributed by atoms with Crippen LogP contribution in [0.2, 0.25) is 0 Å². The second-order valence-electron chi connectivity index (χ2n) is 11.9. The van der Waals surface area contributed by atoms with Gasteiger partial charge in [-0.2, -0.15) is 0 Å². The smallest absolute Gasteiger partial charge is 0.133 e. The lowest BCUT2D eigenvalue weighted by atomic mass is 9.63. The van der Waals surface area contributed by atoms with E-state index in [1.165, 1.54) is 91.6 Å². The van der Waals surface area contributed by atoms with Crippen molar-refractivity contribution in [1.82, 2.24) is 4.90 Å². The van der Waals surface area contributed by atoms with Crippen LogP contribution in [0.15, 0.2) is 84.6 Å². The van der Waals surface area contributed by atoms with E-state index in [1.807, 2.05) is 0 Å². The Labute approximate surface area is 223 Å². The average Bonchev–Trinajstić information content (AvgIpc) is 3.65. The zero-order chi connectivity index (χ0) is 25.0. The number of benzene rings is 3. The summed E-state index contributed by atoms with van der Waals surface area (Å²) in [7, 11) is 0. The molecule has 3 aromatic rings. The summed E-state index contributed by atoms with van der Waals surface area (Å²) >= 11 is 0. The number of anilines is 1. The molecule has 37 heavy (non-hydrogen) atoms. The average molecular weight is 489 g/mol. The van der Waals surface area contributed by atoms with E-state index in [1.54, 1.807) is 5.56 Å². The molecule has 3 aromatic carbocycles. The molecule has 4 aliphatic rings. The fourth-order valence-electron chi connectivity index (χ4n) is 8.73. The predicted molar refractivity (Wildman–Crippen MR) is 154 cm³/mol. The molecule has 190 valence electrons. The third kappa shape index (κ3) is 3.30. The van der Waals surface area contributed by atoms with E-state index in [2.05, 4.69) is 103 Å². The van der Waals surface area contributed by atoms with Crippen LogP contribution in [0.5, 0.6) is 0 Å². The van der Waals surface area contributed by atoms with Gasteiger partial charge in [0, 0.05) is 16.9 Å². The molecule has 0 spiro atoms. The number of nitrogens with zero attached hydrogens (tertiary/aromatic N) is 2. The largest absolute Gasteiger partial charge is 0.335 e. The summed E-state index contributed by atoms with van der Waals surface area (Å²) in [5.74, 6) is 1.42. The number of fused-ring (bicyclic) bond motifs is 3. The van der Waals surface area contributed by atoms with Gasteiger partial charge in [-0.1, -0.05) is 105 Å². The summed E-state index contributed by atoms with van der Waals surface area (Å²) in [5.41, 5.74) is 10.2. The molecule has 0 amide bonds. The fraction of sp³-hybridized carbons (Fsp3) is 0.429. The first-order chi connectivity index (χ1) is 18.2. The molecule has 2 aliphatic carbocycles. The van der Waals surface area contributed by atoms with Crippen molar-refractivity contribution in [2.75, 3.05) is 4.90 Å².